The Bertz CT molecular complexity index is 1240. The first kappa shape index (κ1) is 17.8. The summed E-state index contributed by atoms with van der Waals surface area (Å²) in [6, 6.07) is 15.6. The third-order valence-corrected chi connectivity index (χ3v) is 5.62. The highest BCUT2D eigenvalue weighted by Crippen LogP contribution is 2.32. The Labute approximate surface area is 171 Å². The lowest BCUT2D eigenvalue weighted by atomic mass is 10.1. The topological polar surface area (TPSA) is 77.8 Å². The minimum absolute atomic E-state index is 0.125. The van der Waals surface area contributed by atoms with Gasteiger partial charge < -0.3 is 14.8 Å². The Morgan fingerprint density at radius 2 is 1.93 bits per heavy atom. The second kappa shape index (κ2) is 7.29. The van der Waals surface area contributed by atoms with Gasteiger partial charge in [-0.05, 0) is 42.1 Å². The molecule has 0 saturated heterocycles. The number of rotatable bonds is 4. The van der Waals surface area contributed by atoms with Crippen molar-refractivity contribution in [2.24, 2.45) is 0 Å². The average Bonchev–Trinajstić information content (AvgIpc) is 3.17. The van der Waals surface area contributed by atoms with Crippen LogP contribution in [0.2, 0.25) is 0 Å². The number of hydrogen-bond acceptors (Lipinski definition) is 6. The molecule has 5 rings (SSSR count). The number of carbonyl (C=O) groups excluding carboxylic acids is 1. The summed E-state index contributed by atoms with van der Waals surface area (Å²) in [6.07, 6.45) is 0. The molecule has 0 radical (unpaired) electrons. The van der Waals surface area contributed by atoms with E-state index in [1.165, 1.54) is 11.8 Å². The molecule has 7 nitrogen and oxygen atoms in total. The normalized spacial score (nSPS) is 13.0. The third kappa shape index (κ3) is 3.36. The van der Waals surface area contributed by atoms with Crippen LogP contribution < -0.4 is 14.8 Å². The molecule has 2 aromatic heterocycles. The van der Waals surface area contributed by atoms with Crippen LogP contribution in [0.1, 0.15) is 5.56 Å². The van der Waals surface area contributed by atoms with Crippen molar-refractivity contribution in [2.45, 2.75) is 12.1 Å². The van der Waals surface area contributed by atoms with E-state index in [1.54, 1.807) is 18.2 Å². The zero-order valence-electron chi connectivity index (χ0n) is 15.7. The van der Waals surface area contributed by atoms with Gasteiger partial charge in [-0.2, -0.15) is 0 Å². The number of pyridine rings is 1. The van der Waals surface area contributed by atoms with Crippen LogP contribution in [-0.2, 0) is 4.79 Å². The smallest absolute Gasteiger partial charge is 0.234 e. The van der Waals surface area contributed by atoms with Crippen molar-refractivity contribution in [1.29, 1.82) is 0 Å². The molecule has 1 N–H and O–H groups in total. The van der Waals surface area contributed by atoms with E-state index in [0.717, 1.165) is 22.1 Å². The lowest BCUT2D eigenvalue weighted by molar-refractivity contribution is -0.113. The van der Waals surface area contributed by atoms with Crippen molar-refractivity contribution in [3.05, 3.63) is 54.1 Å². The highest BCUT2D eigenvalue weighted by molar-refractivity contribution is 7.99. The predicted octanol–water partition coefficient (Wildman–Crippen LogP) is 3.69. The first-order chi connectivity index (χ1) is 14.2. The SMILES string of the molecule is Cc1cc2ccccc2n2c(SCC(=O)Nc3ccc4c(c3)OCCO4)nnc12. The fourth-order valence-corrected chi connectivity index (χ4v) is 4.14. The van der Waals surface area contributed by atoms with Crippen LogP contribution in [0.5, 0.6) is 11.5 Å². The number of hydrogen-bond donors (Lipinski definition) is 1. The summed E-state index contributed by atoms with van der Waals surface area (Å²) in [5, 5.41) is 13.3. The summed E-state index contributed by atoms with van der Waals surface area (Å²) in [4.78, 5) is 12.5. The largest absolute Gasteiger partial charge is 0.486 e. The molecule has 29 heavy (non-hydrogen) atoms. The summed E-state index contributed by atoms with van der Waals surface area (Å²) in [5.41, 5.74) is 3.54. The highest BCUT2D eigenvalue weighted by Gasteiger charge is 2.15. The van der Waals surface area contributed by atoms with Gasteiger partial charge in [-0.1, -0.05) is 30.0 Å². The van der Waals surface area contributed by atoms with Crippen molar-refractivity contribution < 1.29 is 14.3 Å². The number of nitrogens with one attached hydrogen (secondary N) is 1. The summed E-state index contributed by atoms with van der Waals surface area (Å²) in [6.45, 7) is 3.06. The predicted molar refractivity (Wildman–Crippen MR) is 112 cm³/mol. The molecule has 1 aliphatic rings. The van der Waals surface area contributed by atoms with Gasteiger partial charge in [-0.3, -0.25) is 9.20 Å². The first-order valence-electron chi connectivity index (χ1n) is 9.25. The van der Waals surface area contributed by atoms with Gasteiger partial charge >= 0.3 is 0 Å². The number of ether oxygens (including phenoxy) is 2. The van der Waals surface area contributed by atoms with Crippen LogP contribution in [0.15, 0.2) is 53.7 Å². The molecule has 0 atom stereocenters. The lowest BCUT2D eigenvalue weighted by Gasteiger charge is -2.18. The Kier molecular flexibility index (Phi) is 4.48. The number of thioether (sulfide) groups is 1. The molecular formula is C21H18N4O3S. The summed E-state index contributed by atoms with van der Waals surface area (Å²) < 4.78 is 13.1. The van der Waals surface area contributed by atoms with Gasteiger partial charge in [-0.15, -0.1) is 10.2 Å². The lowest BCUT2D eigenvalue weighted by Crippen LogP contribution is -2.17. The van der Waals surface area contributed by atoms with Crippen LogP contribution in [-0.4, -0.2) is 39.5 Å². The van der Waals surface area contributed by atoms with Gasteiger partial charge in [-0.25, -0.2) is 0 Å². The van der Waals surface area contributed by atoms with Crippen LogP contribution in [0.3, 0.4) is 0 Å². The maximum absolute atomic E-state index is 12.5. The van der Waals surface area contributed by atoms with Crippen molar-refractivity contribution in [3.63, 3.8) is 0 Å². The average molecular weight is 406 g/mol. The molecule has 0 aliphatic carbocycles. The van der Waals surface area contributed by atoms with Crippen LogP contribution >= 0.6 is 11.8 Å². The van der Waals surface area contributed by atoms with E-state index in [9.17, 15) is 4.79 Å². The van der Waals surface area contributed by atoms with E-state index in [0.29, 0.717) is 35.6 Å². The number of carbonyl (C=O) groups is 1. The molecule has 0 saturated carbocycles. The molecular weight excluding hydrogens is 388 g/mol. The number of aromatic nitrogens is 3. The first-order valence-corrected chi connectivity index (χ1v) is 10.2. The van der Waals surface area contributed by atoms with E-state index in [1.807, 2.05) is 29.5 Å². The van der Waals surface area contributed by atoms with Gasteiger partial charge in [0.2, 0.25) is 5.91 Å². The monoisotopic (exact) mass is 406 g/mol. The zero-order chi connectivity index (χ0) is 19.8. The second-order valence-corrected chi connectivity index (χ2v) is 7.67. The van der Waals surface area contributed by atoms with Crippen molar-refractivity contribution >= 4 is 39.9 Å². The Morgan fingerprint density at radius 3 is 2.83 bits per heavy atom. The molecule has 1 aliphatic heterocycles. The molecule has 1 amide bonds. The quantitative estimate of drug-likeness (QED) is 0.521. The van der Waals surface area contributed by atoms with Gasteiger partial charge in [0.15, 0.2) is 22.3 Å². The molecule has 0 bridgehead atoms. The number of fused-ring (bicyclic) bond motifs is 4. The number of para-hydroxylation sites is 1. The van der Waals surface area contributed by atoms with Gasteiger partial charge in [0.1, 0.15) is 13.2 Å². The van der Waals surface area contributed by atoms with E-state index >= 15 is 0 Å². The minimum atomic E-state index is -0.125. The van der Waals surface area contributed by atoms with E-state index in [-0.39, 0.29) is 11.7 Å². The summed E-state index contributed by atoms with van der Waals surface area (Å²) in [7, 11) is 0. The highest BCUT2D eigenvalue weighted by atomic mass is 32.2. The van der Waals surface area contributed by atoms with Gasteiger partial charge in [0.05, 0.1) is 11.3 Å². The summed E-state index contributed by atoms with van der Waals surface area (Å²) >= 11 is 1.36. The molecule has 146 valence electrons. The number of amides is 1. The number of anilines is 1. The minimum Gasteiger partial charge on any atom is -0.486 e. The Hall–Kier alpha value is -3.26. The van der Waals surface area contributed by atoms with Crippen molar-refractivity contribution in [3.8, 4) is 11.5 Å². The van der Waals surface area contributed by atoms with Crippen molar-refractivity contribution in [2.75, 3.05) is 24.3 Å². The maximum atomic E-state index is 12.5. The molecule has 2 aromatic carbocycles. The molecule has 0 spiro atoms. The van der Waals surface area contributed by atoms with Gasteiger partial charge in [0.25, 0.3) is 0 Å². The standard InChI is InChI=1S/C21H18N4O3S/c1-13-10-14-4-2-3-5-16(14)25-20(13)23-24-21(25)29-12-19(26)22-15-6-7-17-18(11-15)28-9-8-27-17/h2-7,10-11H,8-9,12H2,1H3,(H,22,26). The maximum Gasteiger partial charge on any atom is 0.234 e. The Balaban J connectivity index is 1.35. The van der Waals surface area contributed by atoms with Crippen LogP contribution in [0.25, 0.3) is 16.6 Å². The van der Waals surface area contributed by atoms with E-state index in [4.69, 9.17) is 9.47 Å². The second-order valence-electron chi connectivity index (χ2n) is 6.72. The van der Waals surface area contributed by atoms with E-state index in [2.05, 4.69) is 27.6 Å². The number of nitrogens with zero attached hydrogens (tertiary/aromatic N) is 3. The fourth-order valence-electron chi connectivity index (χ4n) is 3.40. The number of benzene rings is 2. The fraction of sp³-hybridized carbons (Fsp3) is 0.190. The zero-order valence-corrected chi connectivity index (χ0v) is 16.5. The number of aryl methyl sites for hydroxylation is 1. The molecule has 0 unspecified atom stereocenters. The Morgan fingerprint density at radius 1 is 1.10 bits per heavy atom. The summed E-state index contributed by atoms with van der Waals surface area (Å²) in [5.74, 6) is 1.44. The third-order valence-electron chi connectivity index (χ3n) is 4.69. The van der Waals surface area contributed by atoms with Crippen LogP contribution in [0.4, 0.5) is 5.69 Å². The van der Waals surface area contributed by atoms with E-state index < -0.39 is 0 Å². The molecule has 4 aromatic rings. The van der Waals surface area contributed by atoms with Crippen molar-refractivity contribution in [1.82, 2.24) is 14.6 Å². The van der Waals surface area contributed by atoms with Crippen LogP contribution in [0, 0.1) is 6.92 Å². The molecule has 3 heterocycles. The molecule has 8 heteroatoms. The van der Waals surface area contributed by atoms with Gasteiger partial charge in [0, 0.05) is 11.8 Å². The molecule has 0 fully saturated rings.